The maximum atomic E-state index is 9.33. The average Bonchev–Trinajstić information content (AvgIpc) is 2.66. The molecule has 1 aliphatic rings. The second-order valence-electron chi connectivity index (χ2n) is 3.95. The zero-order chi connectivity index (χ0) is 12.1. The first-order chi connectivity index (χ1) is 7.69. The van der Waals surface area contributed by atoms with E-state index in [1.54, 1.807) is 13.2 Å². The van der Waals surface area contributed by atoms with Crippen molar-refractivity contribution in [3.8, 4) is 0 Å². The standard InChI is InChI=1S/C13H19NO2/c1-5-9(2)12-10(7-15)6-11(8-16-4)13(12)14-3/h5-6,11-13,15H,1-3,7-8H2,4H3. The summed E-state index contributed by atoms with van der Waals surface area (Å²) in [5.41, 5.74) is 1.81. The summed E-state index contributed by atoms with van der Waals surface area (Å²) in [4.78, 5) is 4.13. The molecule has 1 aliphatic carbocycles. The zero-order valence-electron chi connectivity index (χ0n) is 9.72. The Morgan fingerprint density at radius 3 is 2.81 bits per heavy atom. The van der Waals surface area contributed by atoms with Crippen LogP contribution in [0.25, 0.3) is 0 Å². The fourth-order valence-electron chi connectivity index (χ4n) is 2.26. The van der Waals surface area contributed by atoms with Gasteiger partial charge in [0.1, 0.15) is 0 Å². The van der Waals surface area contributed by atoms with E-state index >= 15 is 0 Å². The van der Waals surface area contributed by atoms with E-state index < -0.39 is 0 Å². The average molecular weight is 221 g/mol. The molecule has 0 heterocycles. The number of allylic oxidation sites excluding steroid dienone is 1. The molecular weight excluding hydrogens is 202 g/mol. The highest BCUT2D eigenvalue weighted by Crippen LogP contribution is 2.37. The minimum absolute atomic E-state index is 0.00685. The fourth-order valence-corrected chi connectivity index (χ4v) is 2.26. The number of aliphatic hydroxyl groups excluding tert-OH is 1. The molecule has 0 aromatic rings. The molecule has 0 radical (unpaired) electrons. The molecule has 0 saturated carbocycles. The molecule has 16 heavy (non-hydrogen) atoms. The van der Waals surface area contributed by atoms with Crippen molar-refractivity contribution in [2.45, 2.75) is 6.04 Å². The Kier molecular flexibility index (Phi) is 4.65. The van der Waals surface area contributed by atoms with Crippen LogP contribution >= 0.6 is 0 Å². The van der Waals surface area contributed by atoms with Gasteiger partial charge in [-0.15, -0.1) is 0 Å². The predicted octanol–water partition coefficient (Wildman–Crippen LogP) is 1.61. The second-order valence-corrected chi connectivity index (χ2v) is 3.95. The summed E-state index contributed by atoms with van der Waals surface area (Å²) in [5.74, 6) is 0.173. The number of methoxy groups -OCH3 is 1. The first kappa shape index (κ1) is 12.9. The summed E-state index contributed by atoms with van der Waals surface area (Å²) in [6, 6.07) is -0.00685. The molecule has 3 nitrogen and oxygen atoms in total. The highest BCUT2D eigenvalue weighted by molar-refractivity contribution is 5.37. The highest BCUT2D eigenvalue weighted by Gasteiger charge is 2.36. The van der Waals surface area contributed by atoms with Crippen LogP contribution in [0, 0.1) is 11.8 Å². The first-order valence-electron chi connectivity index (χ1n) is 5.27. The summed E-state index contributed by atoms with van der Waals surface area (Å²) in [5, 5.41) is 9.33. The van der Waals surface area contributed by atoms with Crippen LogP contribution < -0.4 is 0 Å². The SMILES string of the molecule is C=CC(=C)C1C(CO)=CC(COC)C1N=C. The van der Waals surface area contributed by atoms with Crippen LogP contribution in [0.5, 0.6) is 0 Å². The molecular formula is C13H19NO2. The number of aliphatic imine (C=N–C) groups is 1. The van der Waals surface area contributed by atoms with E-state index in [-0.39, 0.29) is 24.5 Å². The largest absolute Gasteiger partial charge is 0.392 e. The lowest BCUT2D eigenvalue weighted by Gasteiger charge is -2.23. The van der Waals surface area contributed by atoms with Gasteiger partial charge in [0.15, 0.2) is 0 Å². The number of hydrogen-bond donors (Lipinski definition) is 1. The summed E-state index contributed by atoms with van der Waals surface area (Å²) in [6.45, 7) is 11.9. The molecule has 0 aromatic carbocycles. The minimum Gasteiger partial charge on any atom is -0.392 e. The number of hydrogen-bond acceptors (Lipinski definition) is 3. The monoisotopic (exact) mass is 221 g/mol. The van der Waals surface area contributed by atoms with Crippen molar-refractivity contribution in [3.05, 3.63) is 36.5 Å². The molecule has 0 bridgehead atoms. The van der Waals surface area contributed by atoms with E-state index in [1.165, 1.54) is 0 Å². The third kappa shape index (κ3) is 2.31. The summed E-state index contributed by atoms with van der Waals surface area (Å²) < 4.78 is 5.14. The van der Waals surface area contributed by atoms with E-state index in [0.717, 1.165) is 11.1 Å². The van der Waals surface area contributed by atoms with Gasteiger partial charge in [0.05, 0.1) is 19.3 Å². The highest BCUT2D eigenvalue weighted by atomic mass is 16.5. The number of ether oxygens (including phenoxy) is 1. The van der Waals surface area contributed by atoms with E-state index in [4.69, 9.17) is 4.74 Å². The maximum absolute atomic E-state index is 9.33. The van der Waals surface area contributed by atoms with Crippen LogP contribution in [-0.2, 0) is 4.74 Å². The van der Waals surface area contributed by atoms with Gasteiger partial charge in [0.2, 0.25) is 0 Å². The maximum Gasteiger partial charge on any atom is 0.0683 e. The topological polar surface area (TPSA) is 41.8 Å². The van der Waals surface area contributed by atoms with Crippen LogP contribution in [0.15, 0.2) is 41.4 Å². The molecule has 1 N–H and O–H groups in total. The van der Waals surface area contributed by atoms with Crippen LogP contribution in [0.4, 0.5) is 0 Å². The lowest BCUT2D eigenvalue weighted by atomic mass is 9.88. The molecule has 0 spiro atoms. The third-order valence-electron chi connectivity index (χ3n) is 3.02. The van der Waals surface area contributed by atoms with Gasteiger partial charge in [0, 0.05) is 18.9 Å². The smallest absolute Gasteiger partial charge is 0.0683 e. The lowest BCUT2D eigenvalue weighted by Crippen LogP contribution is -2.25. The second kappa shape index (κ2) is 5.77. The molecule has 0 fully saturated rings. The van der Waals surface area contributed by atoms with E-state index in [2.05, 4.69) is 24.9 Å². The van der Waals surface area contributed by atoms with Crippen molar-refractivity contribution < 1.29 is 9.84 Å². The van der Waals surface area contributed by atoms with Crippen LogP contribution in [0.3, 0.4) is 0 Å². The summed E-state index contributed by atoms with van der Waals surface area (Å²) in [6.07, 6.45) is 3.73. The van der Waals surface area contributed by atoms with Gasteiger partial charge in [-0.3, -0.25) is 4.99 Å². The van der Waals surface area contributed by atoms with Gasteiger partial charge < -0.3 is 9.84 Å². The number of rotatable bonds is 6. The molecule has 3 atom stereocenters. The van der Waals surface area contributed by atoms with Crippen molar-refractivity contribution in [2.24, 2.45) is 16.8 Å². The molecule has 3 heteroatoms. The third-order valence-corrected chi connectivity index (χ3v) is 3.02. The summed E-state index contributed by atoms with van der Waals surface area (Å²) >= 11 is 0. The molecule has 1 rings (SSSR count). The molecule has 0 aromatic heterocycles. The van der Waals surface area contributed by atoms with Crippen LogP contribution in [0.2, 0.25) is 0 Å². The Balaban J connectivity index is 2.96. The fraction of sp³-hybridized carbons (Fsp3) is 0.462. The van der Waals surface area contributed by atoms with E-state index in [1.807, 2.05) is 6.08 Å². The minimum atomic E-state index is -0.00685. The van der Waals surface area contributed by atoms with Gasteiger partial charge in [-0.25, -0.2) is 0 Å². The Labute approximate surface area is 96.8 Å². The zero-order valence-corrected chi connectivity index (χ0v) is 9.72. The van der Waals surface area contributed by atoms with E-state index in [0.29, 0.717) is 6.61 Å². The van der Waals surface area contributed by atoms with Crippen molar-refractivity contribution in [1.82, 2.24) is 0 Å². The Morgan fingerprint density at radius 2 is 2.38 bits per heavy atom. The number of aliphatic hydroxyl groups is 1. The molecule has 88 valence electrons. The van der Waals surface area contributed by atoms with Gasteiger partial charge in [0.25, 0.3) is 0 Å². The summed E-state index contributed by atoms with van der Waals surface area (Å²) in [7, 11) is 1.66. The van der Waals surface area contributed by atoms with Gasteiger partial charge in [-0.2, -0.15) is 0 Å². The molecule has 3 unspecified atom stereocenters. The first-order valence-corrected chi connectivity index (χ1v) is 5.27. The van der Waals surface area contributed by atoms with E-state index in [9.17, 15) is 5.11 Å². The lowest BCUT2D eigenvalue weighted by molar-refractivity contribution is 0.159. The Hall–Kier alpha value is -1.19. The Bertz CT molecular complexity index is 320. The van der Waals surface area contributed by atoms with Gasteiger partial charge >= 0.3 is 0 Å². The van der Waals surface area contributed by atoms with Crippen LogP contribution in [0.1, 0.15) is 0 Å². The predicted molar refractivity (Wildman–Crippen MR) is 66.7 cm³/mol. The molecule has 0 amide bonds. The molecule has 0 saturated heterocycles. The Morgan fingerprint density at radius 1 is 1.69 bits per heavy atom. The van der Waals surface area contributed by atoms with Crippen molar-refractivity contribution in [1.29, 1.82) is 0 Å². The normalized spacial score (nSPS) is 28.6. The van der Waals surface area contributed by atoms with Gasteiger partial charge in [-0.05, 0) is 17.9 Å². The van der Waals surface area contributed by atoms with Crippen LogP contribution in [-0.4, -0.2) is 38.2 Å². The van der Waals surface area contributed by atoms with Crippen molar-refractivity contribution >= 4 is 6.72 Å². The quantitative estimate of drug-likeness (QED) is 0.420. The molecule has 0 aliphatic heterocycles. The van der Waals surface area contributed by atoms with Gasteiger partial charge in [-0.1, -0.05) is 25.3 Å². The number of nitrogens with zero attached hydrogens (tertiary/aromatic N) is 1. The van der Waals surface area contributed by atoms with Crippen molar-refractivity contribution in [2.75, 3.05) is 20.3 Å². The van der Waals surface area contributed by atoms with Crippen molar-refractivity contribution in [3.63, 3.8) is 0 Å².